The van der Waals surface area contributed by atoms with Crippen molar-refractivity contribution < 1.29 is 4.79 Å². The Morgan fingerprint density at radius 1 is 1.27 bits per heavy atom. The zero-order chi connectivity index (χ0) is 17.9. The summed E-state index contributed by atoms with van der Waals surface area (Å²) in [6, 6.07) is 13.4. The summed E-state index contributed by atoms with van der Waals surface area (Å²) in [6.45, 7) is 0.384. The van der Waals surface area contributed by atoms with Gasteiger partial charge in [-0.25, -0.2) is 0 Å². The van der Waals surface area contributed by atoms with E-state index in [1.165, 1.54) is 0 Å². The van der Waals surface area contributed by atoms with E-state index in [1.807, 2.05) is 48.8 Å². The summed E-state index contributed by atoms with van der Waals surface area (Å²) in [7, 11) is 1.83. The Balaban J connectivity index is 1.46. The van der Waals surface area contributed by atoms with Gasteiger partial charge in [0.05, 0.1) is 10.6 Å². The van der Waals surface area contributed by atoms with Crippen molar-refractivity contribution in [1.82, 2.24) is 35.7 Å². The van der Waals surface area contributed by atoms with Crippen LogP contribution >= 0.6 is 11.3 Å². The molecule has 0 aliphatic heterocycles. The molecule has 0 saturated heterocycles. The number of aryl methyl sites for hydroxylation is 1. The van der Waals surface area contributed by atoms with Crippen LogP contribution in [-0.4, -0.2) is 36.3 Å². The lowest BCUT2D eigenvalue weighted by Gasteiger charge is -2.04. The van der Waals surface area contributed by atoms with Crippen molar-refractivity contribution in [2.75, 3.05) is 0 Å². The number of nitrogens with zero attached hydrogens (tertiary/aromatic N) is 5. The fraction of sp³-hybridized carbons (Fsp3) is 0.118. The molecule has 0 fully saturated rings. The summed E-state index contributed by atoms with van der Waals surface area (Å²) >= 11 is 1.61. The second-order valence-electron chi connectivity index (χ2n) is 5.63. The van der Waals surface area contributed by atoms with Gasteiger partial charge in [-0.15, -0.1) is 21.5 Å². The van der Waals surface area contributed by atoms with Crippen LogP contribution in [0.1, 0.15) is 16.1 Å². The predicted octanol–water partition coefficient (Wildman–Crippen LogP) is 2.26. The van der Waals surface area contributed by atoms with Crippen molar-refractivity contribution in [2.24, 2.45) is 7.05 Å². The van der Waals surface area contributed by atoms with Crippen molar-refractivity contribution in [2.45, 2.75) is 6.54 Å². The van der Waals surface area contributed by atoms with Crippen LogP contribution in [0.5, 0.6) is 0 Å². The van der Waals surface area contributed by atoms with Crippen LogP contribution < -0.4 is 5.32 Å². The number of amides is 1. The molecular weight excluding hydrogens is 350 g/mol. The Kier molecular flexibility index (Phi) is 4.28. The number of thiophene rings is 1. The van der Waals surface area contributed by atoms with Gasteiger partial charge in [-0.2, -0.15) is 10.3 Å². The van der Waals surface area contributed by atoms with E-state index in [9.17, 15) is 4.79 Å². The number of carbonyl (C=O) groups excluding carboxylic acids is 1. The van der Waals surface area contributed by atoms with Gasteiger partial charge in [-0.3, -0.25) is 9.48 Å². The molecule has 0 aliphatic carbocycles. The van der Waals surface area contributed by atoms with Crippen LogP contribution in [0.2, 0.25) is 0 Å². The predicted molar refractivity (Wildman–Crippen MR) is 97.3 cm³/mol. The summed E-state index contributed by atoms with van der Waals surface area (Å²) in [5.74, 6) is 0.303. The molecule has 4 rings (SSSR count). The lowest BCUT2D eigenvalue weighted by molar-refractivity contribution is 0.0945. The Labute approximate surface area is 152 Å². The monoisotopic (exact) mass is 365 g/mol. The van der Waals surface area contributed by atoms with Crippen LogP contribution in [0.15, 0.2) is 47.8 Å². The zero-order valence-corrected chi connectivity index (χ0v) is 14.7. The van der Waals surface area contributed by atoms with E-state index >= 15 is 0 Å². The van der Waals surface area contributed by atoms with Crippen molar-refractivity contribution in [3.63, 3.8) is 0 Å². The van der Waals surface area contributed by atoms with E-state index in [1.54, 1.807) is 22.1 Å². The molecule has 0 bridgehead atoms. The molecule has 2 N–H and O–H groups in total. The molecule has 0 unspecified atom stereocenters. The van der Waals surface area contributed by atoms with Crippen LogP contribution in [-0.2, 0) is 13.6 Å². The van der Waals surface area contributed by atoms with Crippen LogP contribution in [0.3, 0.4) is 0 Å². The van der Waals surface area contributed by atoms with Crippen LogP contribution in [0.25, 0.3) is 22.0 Å². The fourth-order valence-electron chi connectivity index (χ4n) is 2.61. The third-order valence-electron chi connectivity index (χ3n) is 3.87. The first-order valence-electron chi connectivity index (χ1n) is 7.89. The highest BCUT2D eigenvalue weighted by Crippen LogP contribution is 2.24. The van der Waals surface area contributed by atoms with Gasteiger partial charge in [-0.05, 0) is 34.4 Å². The first-order chi connectivity index (χ1) is 12.7. The standard InChI is InChI=1S/C17H15N7OS/c1-24-14(15-6-3-7-26-15)9-13(21-24)17(25)18-10-11-4-2-5-12(8-11)16-19-22-23-20-16/h2-9H,10H2,1H3,(H,18,25)(H,19,20,22,23). The maximum absolute atomic E-state index is 12.4. The molecule has 130 valence electrons. The molecule has 0 aliphatic rings. The average Bonchev–Trinajstić information content (AvgIpc) is 3.40. The Bertz CT molecular complexity index is 1020. The number of rotatable bonds is 5. The lowest BCUT2D eigenvalue weighted by atomic mass is 10.1. The van der Waals surface area contributed by atoms with E-state index in [-0.39, 0.29) is 5.91 Å². The Hall–Kier alpha value is -3.33. The summed E-state index contributed by atoms with van der Waals surface area (Å²) in [6.07, 6.45) is 0. The molecule has 3 aromatic heterocycles. The summed E-state index contributed by atoms with van der Waals surface area (Å²) in [5, 5.41) is 23.1. The van der Waals surface area contributed by atoms with Gasteiger partial charge in [0.1, 0.15) is 0 Å². The van der Waals surface area contributed by atoms with Gasteiger partial charge >= 0.3 is 0 Å². The number of tetrazole rings is 1. The fourth-order valence-corrected chi connectivity index (χ4v) is 3.38. The number of aromatic nitrogens is 6. The average molecular weight is 365 g/mol. The van der Waals surface area contributed by atoms with Gasteiger partial charge in [0, 0.05) is 19.2 Å². The number of hydrogen-bond acceptors (Lipinski definition) is 6. The number of benzene rings is 1. The van der Waals surface area contributed by atoms with Crippen LogP contribution in [0, 0.1) is 0 Å². The quantitative estimate of drug-likeness (QED) is 0.565. The Morgan fingerprint density at radius 2 is 2.19 bits per heavy atom. The van der Waals surface area contributed by atoms with Gasteiger partial charge in [-0.1, -0.05) is 24.3 Å². The number of H-pyrrole nitrogens is 1. The molecule has 0 saturated carbocycles. The molecule has 4 aromatic rings. The van der Waals surface area contributed by atoms with E-state index in [2.05, 4.69) is 31.0 Å². The minimum atomic E-state index is -0.214. The summed E-state index contributed by atoms with van der Waals surface area (Å²) in [5.41, 5.74) is 3.09. The first kappa shape index (κ1) is 16.2. The molecule has 0 atom stereocenters. The third-order valence-corrected chi connectivity index (χ3v) is 4.76. The lowest BCUT2D eigenvalue weighted by Crippen LogP contribution is -2.23. The second-order valence-corrected chi connectivity index (χ2v) is 6.58. The zero-order valence-electron chi connectivity index (χ0n) is 13.9. The largest absolute Gasteiger partial charge is 0.347 e. The van der Waals surface area contributed by atoms with E-state index < -0.39 is 0 Å². The molecule has 0 spiro atoms. The molecule has 8 nitrogen and oxygen atoms in total. The number of carbonyl (C=O) groups is 1. The van der Waals surface area contributed by atoms with Gasteiger partial charge in [0.15, 0.2) is 5.69 Å². The maximum atomic E-state index is 12.4. The maximum Gasteiger partial charge on any atom is 0.272 e. The topological polar surface area (TPSA) is 101 Å². The normalized spacial score (nSPS) is 10.8. The second kappa shape index (κ2) is 6.89. The smallest absolute Gasteiger partial charge is 0.272 e. The highest BCUT2D eigenvalue weighted by atomic mass is 32.1. The molecule has 1 amide bonds. The van der Waals surface area contributed by atoms with E-state index in [4.69, 9.17) is 0 Å². The summed E-state index contributed by atoms with van der Waals surface area (Å²) < 4.78 is 1.72. The molecule has 0 radical (unpaired) electrons. The third kappa shape index (κ3) is 3.24. The molecule has 26 heavy (non-hydrogen) atoms. The number of nitrogens with one attached hydrogen (secondary N) is 2. The van der Waals surface area contributed by atoms with Crippen molar-refractivity contribution in [1.29, 1.82) is 0 Å². The van der Waals surface area contributed by atoms with Crippen molar-refractivity contribution >= 4 is 17.2 Å². The van der Waals surface area contributed by atoms with Crippen molar-refractivity contribution in [3.05, 3.63) is 59.1 Å². The minimum Gasteiger partial charge on any atom is -0.347 e. The molecule has 3 heterocycles. The van der Waals surface area contributed by atoms with Gasteiger partial charge in [0.2, 0.25) is 5.82 Å². The Morgan fingerprint density at radius 3 is 2.96 bits per heavy atom. The van der Waals surface area contributed by atoms with Crippen LogP contribution in [0.4, 0.5) is 0 Å². The SMILES string of the molecule is Cn1nc(C(=O)NCc2cccc(-c3nn[nH]n3)c2)cc1-c1cccs1. The molecule has 9 heteroatoms. The highest BCUT2D eigenvalue weighted by Gasteiger charge is 2.14. The van der Waals surface area contributed by atoms with E-state index in [0.29, 0.717) is 18.1 Å². The van der Waals surface area contributed by atoms with Gasteiger partial charge in [0.25, 0.3) is 5.91 Å². The number of hydrogen-bond donors (Lipinski definition) is 2. The minimum absolute atomic E-state index is 0.214. The first-order valence-corrected chi connectivity index (χ1v) is 8.77. The van der Waals surface area contributed by atoms with Crippen molar-refractivity contribution in [3.8, 4) is 22.0 Å². The summed E-state index contributed by atoms with van der Waals surface area (Å²) in [4.78, 5) is 13.5. The van der Waals surface area contributed by atoms with E-state index in [0.717, 1.165) is 21.7 Å². The highest BCUT2D eigenvalue weighted by molar-refractivity contribution is 7.13. The molecule has 1 aromatic carbocycles. The van der Waals surface area contributed by atoms with Gasteiger partial charge < -0.3 is 5.32 Å². The molecular formula is C17H15N7OS. The number of aromatic amines is 1.